The van der Waals surface area contributed by atoms with E-state index in [1.165, 1.54) is 0 Å². The summed E-state index contributed by atoms with van der Waals surface area (Å²) in [5.41, 5.74) is 1.87. The quantitative estimate of drug-likeness (QED) is 0.876. The lowest BCUT2D eigenvalue weighted by atomic mass is 10.3. The minimum Gasteiger partial charge on any atom is -0.444 e. The van der Waals surface area contributed by atoms with Crippen LogP contribution in [0, 0.1) is 13.8 Å². The van der Waals surface area contributed by atoms with Gasteiger partial charge in [-0.1, -0.05) is 6.92 Å². The van der Waals surface area contributed by atoms with Crippen LogP contribution in [-0.4, -0.2) is 15.0 Å². The van der Waals surface area contributed by atoms with Crippen molar-refractivity contribution >= 4 is 5.82 Å². The smallest absolute Gasteiger partial charge is 0.213 e. The maximum Gasteiger partial charge on any atom is 0.213 e. The summed E-state index contributed by atoms with van der Waals surface area (Å²) in [5.74, 6) is 2.30. The van der Waals surface area contributed by atoms with Gasteiger partial charge in [0.2, 0.25) is 5.89 Å². The number of aromatic nitrogens is 3. The van der Waals surface area contributed by atoms with Crippen LogP contribution in [-0.2, 0) is 13.0 Å². The zero-order chi connectivity index (χ0) is 12.3. The standard InChI is InChI=1S/C12H16N4O/c1-4-10-5-15-12(17-10)7-14-11-6-13-8(2)9(3)16-11/h5-6H,4,7H2,1-3H3,(H,14,16). The van der Waals surface area contributed by atoms with Crippen molar-refractivity contribution in [3.63, 3.8) is 0 Å². The average Bonchev–Trinajstić information content (AvgIpc) is 2.79. The number of anilines is 1. The fourth-order valence-corrected chi connectivity index (χ4v) is 1.39. The molecule has 0 unspecified atom stereocenters. The Morgan fingerprint density at radius 2 is 2.00 bits per heavy atom. The van der Waals surface area contributed by atoms with Crippen LogP contribution in [0.2, 0.25) is 0 Å². The zero-order valence-corrected chi connectivity index (χ0v) is 10.3. The van der Waals surface area contributed by atoms with E-state index in [4.69, 9.17) is 4.42 Å². The van der Waals surface area contributed by atoms with Crippen LogP contribution in [0.4, 0.5) is 5.82 Å². The largest absolute Gasteiger partial charge is 0.444 e. The van der Waals surface area contributed by atoms with Crippen molar-refractivity contribution in [3.05, 3.63) is 35.4 Å². The third-order valence-electron chi connectivity index (χ3n) is 2.56. The van der Waals surface area contributed by atoms with Crippen LogP contribution in [0.3, 0.4) is 0 Å². The third kappa shape index (κ3) is 2.81. The number of nitrogens with one attached hydrogen (secondary N) is 1. The molecule has 0 aliphatic heterocycles. The second-order valence-corrected chi connectivity index (χ2v) is 3.85. The van der Waals surface area contributed by atoms with E-state index in [1.54, 1.807) is 12.4 Å². The van der Waals surface area contributed by atoms with Gasteiger partial charge in [-0.15, -0.1) is 0 Å². The van der Waals surface area contributed by atoms with E-state index in [-0.39, 0.29) is 0 Å². The van der Waals surface area contributed by atoms with Gasteiger partial charge in [0.05, 0.1) is 30.3 Å². The Morgan fingerprint density at radius 1 is 1.18 bits per heavy atom. The summed E-state index contributed by atoms with van der Waals surface area (Å²) in [6.45, 7) is 6.44. The van der Waals surface area contributed by atoms with Gasteiger partial charge in [0.1, 0.15) is 11.6 Å². The Bertz CT molecular complexity index is 507. The highest BCUT2D eigenvalue weighted by Crippen LogP contribution is 2.09. The van der Waals surface area contributed by atoms with E-state index >= 15 is 0 Å². The molecule has 0 amide bonds. The summed E-state index contributed by atoms with van der Waals surface area (Å²) >= 11 is 0. The van der Waals surface area contributed by atoms with Gasteiger partial charge in [0.15, 0.2) is 0 Å². The Morgan fingerprint density at radius 3 is 2.65 bits per heavy atom. The first-order chi connectivity index (χ1) is 8.19. The topological polar surface area (TPSA) is 63.8 Å². The Kier molecular flexibility index (Phi) is 3.37. The Labute approximate surface area is 100 Å². The molecule has 0 aliphatic rings. The lowest BCUT2D eigenvalue weighted by Gasteiger charge is -2.04. The summed E-state index contributed by atoms with van der Waals surface area (Å²) in [5, 5.41) is 3.14. The van der Waals surface area contributed by atoms with Crippen molar-refractivity contribution in [3.8, 4) is 0 Å². The fraction of sp³-hybridized carbons (Fsp3) is 0.417. The second-order valence-electron chi connectivity index (χ2n) is 3.85. The first kappa shape index (κ1) is 11.6. The number of nitrogens with zero attached hydrogens (tertiary/aromatic N) is 3. The Hall–Kier alpha value is -1.91. The van der Waals surface area contributed by atoms with Crippen LogP contribution in [0.1, 0.15) is 30.0 Å². The summed E-state index contributed by atoms with van der Waals surface area (Å²) in [4.78, 5) is 12.8. The second kappa shape index (κ2) is 4.95. The maximum absolute atomic E-state index is 5.49. The molecule has 5 heteroatoms. The predicted octanol–water partition coefficient (Wildman–Crippen LogP) is 2.26. The third-order valence-corrected chi connectivity index (χ3v) is 2.56. The first-order valence-electron chi connectivity index (χ1n) is 5.66. The number of hydrogen-bond acceptors (Lipinski definition) is 5. The molecule has 1 N–H and O–H groups in total. The first-order valence-corrected chi connectivity index (χ1v) is 5.66. The molecule has 2 heterocycles. The molecule has 0 radical (unpaired) electrons. The molecular weight excluding hydrogens is 216 g/mol. The fourth-order valence-electron chi connectivity index (χ4n) is 1.39. The van der Waals surface area contributed by atoms with Crippen molar-refractivity contribution in [2.45, 2.75) is 33.7 Å². The van der Waals surface area contributed by atoms with E-state index < -0.39 is 0 Å². The highest BCUT2D eigenvalue weighted by Gasteiger charge is 2.03. The lowest BCUT2D eigenvalue weighted by Crippen LogP contribution is -2.04. The molecule has 0 saturated carbocycles. The van der Waals surface area contributed by atoms with E-state index in [0.717, 1.165) is 29.4 Å². The van der Waals surface area contributed by atoms with Gasteiger partial charge in [-0.25, -0.2) is 9.97 Å². The van der Waals surface area contributed by atoms with Crippen molar-refractivity contribution in [1.29, 1.82) is 0 Å². The van der Waals surface area contributed by atoms with Crippen LogP contribution in [0.25, 0.3) is 0 Å². The maximum atomic E-state index is 5.49. The zero-order valence-electron chi connectivity index (χ0n) is 10.3. The van der Waals surface area contributed by atoms with Gasteiger partial charge in [-0.2, -0.15) is 0 Å². The van der Waals surface area contributed by atoms with Crippen molar-refractivity contribution < 1.29 is 4.42 Å². The molecule has 0 fully saturated rings. The number of rotatable bonds is 4. The molecule has 90 valence electrons. The van der Waals surface area contributed by atoms with Crippen molar-refractivity contribution in [2.24, 2.45) is 0 Å². The monoisotopic (exact) mass is 232 g/mol. The molecule has 0 saturated heterocycles. The van der Waals surface area contributed by atoms with Gasteiger partial charge in [0.25, 0.3) is 0 Å². The van der Waals surface area contributed by atoms with Crippen LogP contribution in [0.5, 0.6) is 0 Å². The minimum atomic E-state index is 0.525. The number of oxazole rings is 1. The van der Waals surface area contributed by atoms with Gasteiger partial charge < -0.3 is 9.73 Å². The Balaban J connectivity index is 1.99. The van der Waals surface area contributed by atoms with Crippen LogP contribution in [0.15, 0.2) is 16.8 Å². The van der Waals surface area contributed by atoms with Gasteiger partial charge in [0, 0.05) is 6.42 Å². The summed E-state index contributed by atoms with van der Waals surface area (Å²) in [6.07, 6.45) is 4.32. The average molecular weight is 232 g/mol. The molecule has 0 aliphatic carbocycles. The van der Waals surface area contributed by atoms with E-state index in [2.05, 4.69) is 20.3 Å². The number of hydrogen-bond donors (Lipinski definition) is 1. The van der Waals surface area contributed by atoms with Crippen molar-refractivity contribution in [1.82, 2.24) is 15.0 Å². The molecule has 0 atom stereocenters. The normalized spacial score (nSPS) is 10.5. The molecule has 0 spiro atoms. The minimum absolute atomic E-state index is 0.525. The van der Waals surface area contributed by atoms with Gasteiger partial charge in [-0.05, 0) is 13.8 Å². The molecule has 2 rings (SSSR count). The van der Waals surface area contributed by atoms with E-state index in [0.29, 0.717) is 12.4 Å². The molecule has 17 heavy (non-hydrogen) atoms. The lowest BCUT2D eigenvalue weighted by molar-refractivity contribution is 0.465. The molecule has 0 bridgehead atoms. The van der Waals surface area contributed by atoms with Gasteiger partial charge >= 0.3 is 0 Å². The summed E-state index contributed by atoms with van der Waals surface area (Å²) in [7, 11) is 0. The summed E-state index contributed by atoms with van der Waals surface area (Å²) < 4.78 is 5.49. The molecule has 0 aromatic carbocycles. The number of aryl methyl sites for hydroxylation is 3. The van der Waals surface area contributed by atoms with E-state index in [1.807, 2.05) is 20.8 Å². The molecule has 2 aromatic heterocycles. The van der Waals surface area contributed by atoms with Crippen molar-refractivity contribution in [2.75, 3.05) is 5.32 Å². The predicted molar refractivity (Wildman–Crippen MR) is 64.7 cm³/mol. The van der Waals surface area contributed by atoms with E-state index in [9.17, 15) is 0 Å². The molecular formula is C12H16N4O. The molecule has 2 aromatic rings. The van der Waals surface area contributed by atoms with Gasteiger partial charge in [-0.3, -0.25) is 4.98 Å². The highest BCUT2D eigenvalue weighted by atomic mass is 16.4. The highest BCUT2D eigenvalue weighted by molar-refractivity contribution is 5.33. The molecule has 5 nitrogen and oxygen atoms in total. The van der Waals surface area contributed by atoms with Crippen LogP contribution < -0.4 is 5.32 Å². The summed E-state index contributed by atoms with van der Waals surface area (Å²) in [6, 6.07) is 0. The SMILES string of the molecule is CCc1cnc(CNc2cnc(C)c(C)n2)o1. The van der Waals surface area contributed by atoms with Crippen LogP contribution >= 0.6 is 0 Å².